The standard InChI is InChI=1S/C22H25N7O3/c1-12(30)23-10-13-7-6-8-15(25-13)16-9-14-18-17(24-11-29(18)5)20(27-19(14)26-16)28-21(31)32-22(2,3)4/h6-9,11H,10H2,1-5H3,(H,23,30)(H2,26,27,28,31). The number of anilines is 1. The van der Waals surface area contributed by atoms with Gasteiger partial charge in [0.05, 0.1) is 35.5 Å². The summed E-state index contributed by atoms with van der Waals surface area (Å²) in [6.07, 6.45) is 1.07. The number of fused-ring (bicyclic) bond motifs is 3. The van der Waals surface area contributed by atoms with Crippen molar-refractivity contribution in [3.05, 3.63) is 36.3 Å². The first-order valence-corrected chi connectivity index (χ1v) is 10.2. The van der Waals surface area contributed by atoms with Gasteiger partial charge in [0.25, 0.3) is 0 Å². The number of pyridine rings is 2. The Balaban J connectivity index is 1.75. The Labute approximate surface area is 184 Å². The fourth-order valence-corrected chi connectivity index (χ4v) is 3.37. The molecule has 0 saturated heterocycles. The van der Waals surface area contributed by atoms with Crippen LogP contribution in [0, 0.1) is 0 Å². The summed E-state index contributed by atoms with van der Waals surface area (Å²) in [6, 6.07) is 7.56. The molecule has 4 rings (SSSR count). The number of hydrogen-bond donors (Lipinski definition) is 3. The molecule has 4 aromatic heterocycles. The molecule has 0 fully saturated rings. The van der Waals surface area contributed by atoms with Crippen molar-refractivity contribution in [2.24, 2.45) is 7.05 Å². The van der Waals surface area contributed by atoms with Crippen LogP contribution in [0.3, 0.4) is 0 Å². The number of H-pyrrole nitrogens is 1. The highest BCUT2D eigenvalue weighted by Gasteiger charge is 2.21. The van der Waals surface area contributed by atoms with Crippen molar-refractivity contribution >= 4 is 39.9 Å². The molecule has 0 unspecified atom stereocenters. The van der Waals surface area contributed by atoms with Crippen molar-refractivity contribution in [1.29, 1.82) is 0 Å². The smallest absolute Gasteiger partial charge is 0.413 e. The summed E-state index contributed by atoms with van der Waals surface area (Å²) < 4.78 is 7.24. The average Bonchev–Trinajstić information content (AvgIpc) is 3.29. The summed E-state index contributed by atoms with van der Waals surface area (Å²) in [5.74, 6) is 0.193. The van der Waals surface area contributed by atoms with Gasteiger partial charge in [-0.15, -0.1) is 0 Å². The van der Waals surface area contributed by atoms with E-state index in [9.17, 15) is 9.59 Å². The zero-order valence-corrected chi connectivity index (χ0v) is 18.6. The molecule has 166 valence electrons. The normalized spacial score (nSPS) is 11.7. The molecule has 32 heavy (non-hydrogen) atoms. The fraction of sp³-hybridized carbons (Fsp3) is 0.318. The van der Waals surface area contributed by atoms with Crippen molar-refractivity contribution in [2.45, 2.75) is 39.8 Å². The summed E-state index contributed by atoms with van der Waals surface area (Å²) in [6.45, 7) is 7.20. The Morgan fingerprint density at radius 2 is 2.00 bits per heavy atom. The highest BCUT2D eigenvalue weighted by Crippen LogP contribution is 2.31. The predicted molar refractivity (Wildman–Crippen MR) is 121 cm³/mol. The third-order valence-electron chi connectivity index (χ3n) is 4.66. The number of aromatic nitrogens is 5. The molecule has 10 nitrogen and oxygen atoms in total. The monoisotopic (exact) mass is 435 g/mol. The van der Waals surface area contributed by atoms with Crippen LogP contribution in [0.2, 0.25) is 0 Å². The van der Waals surface area contributed by atoms with E-state index >= 15 is 0 Å². The fourth-order valence-electron chi connectivity index (χ4n) is 3.37. The number of imidazole rings is 1. The lowest BCUT2D eigenvalue weighted by molar-refractivity contribution is -0.119. The third kappa shape index (κ3) is 4.39. The average molecular weight is 435 g/mol. The molecule has 0 aromatic carbocycles. The van der Waals surface area contributed by atoms with Crippen LogP contribution in [0.25, 0.3) is 33.5 Å². The summed E-state index contributed by atoms with van der Waals surface area (Å²) in [5, 5.41) is 6.30. The zero-order chi connectivity index (χ0) is 23.0. The number of carbonyl (C=O) groups is 2. The number of aromatic amines is 1. The predicted octanol–water partition coefficient (Wildman–Crippen LogP) is 3.49. The van der Waals surface area contributed by atoms with Crippen LogP contribution in [-0.2, 0) is 23.1 Å². The number of amides is 2. The summed E-state index contributed by atoms with van der Waals surface area (Å²) in [7, 11) is 1.88. The molecule has 4 heterocycles. The highest BCUT2D eigenvalue weighted by molar-refractivity contribution is 6.09. The SMILES string of the molecule is CC(=O)NCc1cccc(-c2cc3c(nc(NC(=O)OC(C)(C)C)c4ncn(C)c43)[nH]2)n1. The second kappa shape index (κ2) is 7.95. The lowest BCUT2D eigenvalue weighted by Gasteiger charge is -2.19. The summed E-state index contributed by atoms with van der Waals surface area (Å²) >= 11 is 0. The van der Waals surface area contributed by atoms with Crippen LogP contribution in [0.5, 0.6) is 0 Å². The second-order valence-electron chi connectivity index (χ2n) is 8.51. The van der Waals surface area contributed by atoms with Crippen molar-refractivity contribution in [2.75, 3.05) is 5.32 Å². The van der Waals surface area contributed by atoms with Gasteiger partial charge in [0.2, 0.25) is 5.91 Å². The van der Waals surface area contributed by atoms with Crippen LogP contribution in [0.15, 0.2) is 30.6 Å². The largest absolute Gasteiger partial charge is 0.444 e. The Hall–Kier alpha value is -3.95. The van der Waals surface area contributed by atoms with Crippen LogP contribution >= 0.6 is 0 Å². The van der Waals surface area contributed by atoms with Gasteiger partial charge in [0, 0.05) is 19.4 Å². The zero-order valence-electron chi connectivity index (χ0n) is 18.6. The number of nitrogens with zero attached hydrogens (tertiary/aromatic N) is 4. The second-order valence-corrected chi connectivity index (χ2v) is 8.51. The van der Waals surface area contributed by atoms with Gasteiger partial charge in [-0.3, -0.25) is 10.1 Å². The Morgan fingerprint density at radius 1 is 1.22 bits per heavy atom. The summed E-state index contributed by atoms with van der Waals surface area (Å²) in [5.41, 5.74) is 3.53. The number of ether oxygens (including phenoxy) is 1. The van der Waals surface area contributed by atoms with Gasteiger partial charge in [-0.1, -0.05) is 6.07 Å². The third-order valence-corrected chi connectivity index (χ3v) is 4.66. The van der Waals surface area contributed by atoms with E-state index in [2.05, 4.69) is 30.6 Å². The van der Waals surface area contributed by atoms with Gasteiger partial charge in [0.1, 0.15) is 16.8 Å². The molecular formula is C22H25N7O3. The van der Waals surface area contributed by atoms with E-state index in [1.807, 2.05) is 35.9 Å². The number of carbonyl (C=O) groups excluding carboxylic acids is 2. The highest BCUT2D eigenvalue weighted by atomic mass is 16.6. The molecule has 0 radical (unpaired) electrons. The lowest BCUT2D eigenvalue weighted by Crippen LogP contribution is -2.27. The molecule has 0 bridgehead atoms. The Kier molecular flexibility index (Phi) is 5.29. The van der Waals surface area contributed by atoms with Crippen LogP contribution in [0.1, 0.15) is 33.4 Å². The lowest BCUT2D eigenvalue weighted by atomic mass is 10.2. The maximum Gasteiger partial charge on any atom is 0.413 e. The van der Waals surface area contributed by atoms with E-state index in [1.165, 1.54) is 6.92 Å². The molecule has 0 spiro atoms. The first-order chi connectivity index (χ1) is 15.1. The molecular weight excluding hydrogens is 410 g/mol. The quantitative estimate of drug-likeness (QED) is 0.450. The van der Waals surface area contributed by atoms with E-state index in [0.29, 0.717) is 29.2 Å². The molecule has 10 heteroatoms. The first-order valence-electron chi connectivity index (χ1n) is 10.2. The van der Waals surface area contributed by atoms with Gasteiger partial charge in [-0.25, -0.2) is 19.7 Å². The topological polar surface area (TPSA) is 127 Å². The molecule has 4 aromatic rings. The van der Waals surface area contributed by atoms with E-state index in [0.717, 1.165) is 22.3 Å². The minimum absolute atomic E-state index is 0.115. The number of nitrogens with one attached hydrogen (secondary N) is 3. The van der Waals surface area contributed by atoms with Crippen LogP contribution in [-0.4, -0.2) is 42.1 Å². The van der Waals surface area contributed by atoms with Gasteiger partial charge in [0.15, 0.2) is 5.82 Å². The van der Waals surface area contributed by atoms with Crippen molar-refractivity contribution < 1.29 is 14.3 Å². The molecule has 0 aliphatic heterocycles. The summed E-state index contributed by atoms with van der Waals surface area (Å²) in [4.78, 5) is 40.4. The van der Waals surface area contributed by atoms with E-state index in [4.69, 9.17) is 4.74 Å². The maximum atomic E-state index is 12.3. The Bertz CT molecular complexity index is 1330. The minimum atomic E-state index is -0.634. The minimum Gasteiger partial charge on any atom is -0.444 e. The van der Waals surface area contributed by atoms with Crippen molar-refractivity contribution in [1.82, 2.24) is 29.8 Å². The first kappa shape index (κ1) is 21.3. The maximum absolute atomic E-state index is 12.3. The van der Waals surface area contributed by atoms with Gasteiger partial charge in [-0.05, 0) is 39.0 Å². The molecule has 0 atom stereocenters. The van der Waals surface area contributed by atoms with Crippen LogP contribution in [0.4, 0.5) is 10.6 Å². The molecule has 3 N–H and O–H groups in total. The van der Waals surface area contributed by atoms with Gasteiger partial charge in [-0.2, -0.15) is 0 Å². The van der Waals surface area contributed by atoms with Crippen molar-refractivity contribution in [3.63, 3.8) is 0 Å². The molecule has 0 aliphatic carbocycles. The number of aryl methyl sites for hydroxylation is 1. The van der Waals surface area contributed by atoms with Crippen LogP contribution < -0.4 is 10.6 Å². The number of rotatable bonds is 4. The Morgan fingerprint density at radius 3 is 2.72 bits per heavy atom. The van der Waals surface area contributed by atoms with Gasteiger partial charge < -0.3 is 19.6 Å². The number of hydrogen-bond acceptors (Lipinski definition) is 6. The van der Waals surface area contributed by atoms with E-state index < -0.39 is 11.7 Å². The van der Waals surface area contributed by atoms with E-state index in [-0.39, 0.29) is 5.91 Å². The van der Waals surface area contributed by atoms with E-state index in [1.54, 1.807) is 27.1 Å². The molecule has 0 aliphatic rings. The van der Waals surface area contributed by atoms with Gasteiger partial charge >= 0.3 is 6.09 Å². The van der Waals surface area contributed by atoms with Crippen molar-refractivity contribution in [3.8, 4) is 11.4 Å². The molecule has 2 amide bonds. The molecule has 0 saturated carbocycles.